The van der Waals surface area contributed by atoms with E-state index in [4.69, 9.17) is 5.14 Å². The fourth-order valence-corrected chi connectivity index (χ4v) is 5.32. The summed E-state index contributed by atoms with van der Waals surface area (Å²) >= 11 is 0. The van der Waals surface area contributed by atoms with Gasteiger partial charge in [0, 0.05) is 24.2 Å². The molecule has 0 spiro atoms. The van der Waals surface area contributed by atoms with Crippen molar-refractivity contribution in [3.63, 3.8) is 0 Å². The zero-order valence-electron chi connectivity index (χ0n) is 23.8. The lowest BCUT2D eigenvalue weighted by Gasteiger charge is -2.24. The summed E-state index contributed by atoms with van der Waals surface area (Å²) in [6.45, 7) is -0.210. The van der Waals surface area contributed by atoms with Crippen molar-refractivity contribution in [1.82, 2.24) is 10.2 Å². The molecule has 11 heteroatoms. The first kappa shape index (κ1) is 32.1. The molecule has 2 amide bonds. The number of aliphatic hydroxyl groups is 1. The maximum atomic E-state index is 14.0. The number of carboxylic acid groups (broad SMARTS) is 1. The summed E-state index contributed by atoms with van der Waals surface area (Å²) in [5, 5.41) is 27.4. The normalized spacial score (nSPS) is 11.9. The third-order valence-corrected chi connectivity index (χ3v) is 8.04. The quantitative estimate of drug-likeness (QED) is 0.178. The van der Waals surface area contributed by atoms with Crippen LogP contribution in [0, 0.1) is 0 Å². The Labute approximate surface area is 255 Å². The Morgan fingerprint density at radius 3 is 1.93 bits per heavy atom. The van der Waals surface area contributed by atoms with Gasteiger partial charge in [-0.05, 0) is 52.9 Å². The van der Waals surface area contributed by atoms with E-state index in [0.717, 1.165) is 11.1 Å². The van der Waals surface area contributed by atoms with E-state index >= 15 is 0 Å². The second-order valence-corrected chi connectivity index (χ2v) is 11.6. The monoisotopic (exact) mass is 615 g/mol. The van der Waals surface area contributed by atoms with E-state index in [1.165, 1.54) is 17.0 Å². The number of sulfonamides is 1. The van der Waals surface area contributed by atoms with Gasteiger partial charge >= 0.3 is 5.97 Å². The highest BCUT2D eigenvalue weighted by molar-refractivity contribution is 7.89. The van der Waals surface area contributed by atoms with Gasteiger partial charge in [-0.1, -0.05) is 78.9 Å². The lowest BCUT2D eigenvalue weighted by molar-refractivity contribution is -0.137. The van der Waals surface area contributed by atoms with E-state index in [1.54, 1.807) is 72.8 Å². The second kappa shape index (κ2) is 14.6. The Morgan fingerprint density at radius 1 is 0.773 bits per heavy atom. The zero-order chi connectivity index (χ0) is 31.7. The van der Waals surface area contributed by atoms with Gasteiger partial charge in [-0.15, -0.1) is 0 Å². The number of carbonyl (C=O) groups excluding carboxylic acids is 2. The number of benzene rings is 4. The molecule has 4 aromatic carbocycles. The summed E-state index contributed by atoms with van der Waals surface area (Å²) in [4.78, 5) is 40.3. The van der Waals surface area contributed by atoms with Crippen molar-refractivity contribution in [3.8, 4) is 11.1 Å². The standard InChI is InChI=1S/C33H33N3O7S/c34-44(42,43)25-16-14-23(15-17-25)18-20-36(21-19-31(38)39)33(41)29-13-7-5-11-27(29)26-10-4-6-12-28(26)32(40)35-30(22-37)24-8-2-1-3-9-24/h1-17,30,37H,18-22H2,(H,35,40)(H,38,39)(H2,34,42,43). The van der Waals surface area contributed by atoms with Crippen LogP contribution in [0.4, 0.5) is 0 Å². The number of carbonyl (C=O) groups is 3. The maximum Gasteiger partial charge on any atom is 0.305 e. The van der Waals surface area contributed by atoms with Crippen molar-refractivity contribution >= 4 is 27.8 Å². The van der Waals surface area contributed by atoms with Crippen LogP contribution < -0.4 is 10.5 Å². The predicted molar refractivity (Wildman–Crippen MR) is 165 cm³/mol. The molecule has 0 aliphatic heterocycles. The number of nitrogens with one attached hydrogen (secondary N) is 1. The molecule has 0 bridgehead atoms. The first-order valence-electron chi connectivity index (χ1n) is 13.9. The van der Waals surface area contributed by atoms with Crippen LogP contribution >= 0.6 is 0 Å². The third kappa shape index (κ3) is 8.16. The number of nitrogens with two attached hydrogens (primary N) is 1. The number of nitrogens with zero attached hydrogens (tertiary/aromatic N) is 1. The number of rotatable bonds is 13. The fourth-order valence-electron chi connectivity index (χ4n) is 4.80. The number of primary sulfonamides is 1. The molecule has 4 aromatic rings. The Balaban J connectivity index is 1.62. The second-order valence-electron chi connectivity index (χ2n) is 10.1. The number of aliphatic carboxylic acids is 1. The van der Waals surface area contributed by atoms with E-state index in [1.807, 2.05) is 18.2 Å². The highest BCUT2D eigenvalue weighted by Gasteiger charge is 2.24. The molecule has 1 atom stereocenters. The van der Waals surface area contributed by atoms with Crippen LogP contribution in [0.2, 0.25) is 0 Å². The number of aliphatic hydroxyl groups excluding tert-OH is 1. The summed E-state index contributed by atoms with van der Waals surface area (Å²) < 4.78 is 23.2. The molecule has 0 heterocycles. The maximum absolute atomic E-state index is 14.0. The van der Waals surface area contributed by atoms with Gasteiger partial charge in [0.2, 0.25) is 10.0 Å². The van der Waals surface area contributed by atoms with E-state index in [2.05, 4.69) is 5.32 Å². The van der Waals surface area contributed by atoms with Gasteiger partial charge in [-0.2, -0.15) is 0 Å². The topological polar surface area (TPSA) is 167 Å². The summed E-state index contributed by atoms with van der Waals surface area (Å²) in [5.41, 5.74) is 3.04. The molecule has 0 aliphatic carbocycles. The average molecular weight is 616 g/mol. The molecule has 0 saturated heterocycles. The molecule has 228 valence electrons. The number of amides is 2. The van der Waals surface area contributed by atoms with Crippen LogP contribution in [-0.4, -0.2) is 61.0 Å². The molecule has 0 aliphatic rings. The molecule has 0 radical (unpaired) electrons. The van der Waals surface area contributed by atoms with Crippen molar-refractivity contribution in [2.45, 2.75) is 23.8 Å². The van der Waals surface area contributed by atoms with Crippen molar-refractivity contribution in [2.24, 2.45) is 5.14 Å². The summed E-state index contributed by atoms with van der Waals surface area (Å²) in [6, 6.07) is 28.0. The van der Waals surface area contributed by atoms with Gasteiger partial charge in [0.25, 0.3) is 11.8 Å². The van der Waals surface area contributed by atoms with E-state index < -0.39 is 33.8 Å². The van der Waals surface area contributed by atoms with Crippen LogP contribution in [-0.2, 0) is 21.2 Å². The van der Waals surface area contributed by atoms with Crippen LogP contribution in [0.15, 0.2) is 108 Å². The van der Waals surface area contributed by atoms with Crippen LogP contribution in [0.1, 0.15) is 44.3 Å². The van der Waals surface area contributed by atoms with Crippen molar-refractivity contribution in [1.29, 1.82) is 0 Å². The van der Waals surface area contributed by atoms with Gasteiger partial charge in [0.05, 0.1) is 24.0 Å². The summed E-state index contributed by atoms with van der Waals surface area (Å²) in [6.07, 6.45) is 0.0543. The third-order valence-electron chi connectivity index (χ3n) is 7.11. The largest absolute Gasteiger partial charge is 0.481 e. The Morgan fingerprint density at radius 2 is 1.34 bits per heavy atom. The van der Waals surface area contributed by atoms with Gasteiger partial charge in [0.1, 0.15) is 0 Å². The molecular formula is C33H33N3O7S. The highest BCUT2D eigenvalue weighted by Crippen LogP contribution is 2.29. The highest BCUT2D eigenvalue weighted by atomic mass is 32.2. The first-order valence-corrected chi connectivity index (χ1v) is 15.4. The first-order chi connectivity index (χ1) is 21.1. The number of hydrogen-bond donors (Lipinski definition) is 4. The predicted octanol–water partition coefficient (Wildman–Crippen LogP) is 3.62. The van der Waals surface area contributed by atoms with Gasteiger partial charge in [-0.25, -0.2) is 13.6 Å². The molecule has 0 fully saturated rings. The minimum Gasteiger partial charge on any atom is -0.481 e. The molecule has 5 N–H and O–H groups in total. The fraction of sp³-hybridized carbons (Fsp3) is 0.182. The molecule has 0 saturated carbocycles. The Hall–Kier alpha value is -4.84. The Bertz CT molecular complexity index is 1730. The number of hydrogen-bond acceptors (Lipinski definition) is 6. The summed E-state index contributed by atoms with van der Waals surface area (Å²) in [5.74, 6) is -1.92. The van der Waals surface area contributed by atoms with Crippen LogP contribution in [0.3, 0.4) is 0 Å². The van der Waals surface area contributed by atoms with Crippen molar-refractivity contribution < 1.29 is 33.0 Å². The van der Waals surface area contributed by atoms with Crippen LogP contribution in [0.25, 0.3) is 11.1 Å². The SMILES string of the molecule is NS(=O)(=O)c1ccc(CCN(CCC(=O)O)C(=O)c2ccccc2-c2ccccc2C(=O)NC(CO)c2ccccc2)cc1. The van der Waals surface area contributed by atoms with Gasteiger partial charge < -0.3 is 20.4 Å². The molecule has 44 heavy (non-hydrogen) atoms. The molecule has 10 nitrogen and oxygen atoms in total. The lowest BCUT2D eigenvalue weighted by Crippen LogP contribution is -2.35. The number of carboxylic acids is 1. The van der Waals surface area contributed by atoms with Gasteiger partial charge in [0.15, 0.2) is 0 Å². The van der Waals surface area contributed by atoms with E-state index in [0.29, 0.717) is 23.1 Å². The van der Waals surface area contributed by atoms with Crippen LogP contribution in [0.5, 0.6) is 0 Å². The molecule has 1 unspecified atom stereocenters. The van der Waals surface area contributed by atoms with E-state index in [-0.39, 0.29) is 36.6 Å². The summed E-state index contributed by atoms with van der Waals surface area (Å²) in [7, 11) is -3.85. The minimum absolute atomic E-state index is 0.0363. The van der Waals surface area contributed by atoms with Gasteiger partial charge in [-0.3, -0.25) is 14.4 Å². The van der Waals surface area contributed by atoms with Crippen molar-refractivity contribution in [3.05, 3.63) is 125 Å². The zero-order valence-corrected chi connectivity index (χ0v) is 24.6. The molecule has 4 rings (SSSR count). The van der Waals surface area contributed by atoms with E-state index in [9.17, 15) is 33.0 Å². The smallest absolute Gasteiger partial charge is 0.305 e. The average Bonchev–Trinajstić information content (AvgIpc) is 3.03. The minimum atomic E-state index is -3.85. The Kier molecular flexibility index (Phi) is 10.6. The lowest BCUT2D eigenvalue weighted by atomic mass is 9.94. The molecule has 0 aromatic heterocycles. The van der Waals surface area contributed by atoms with Crippen molar-refractivity contribution in [2.75, 3.05) is 19.7 Å². The molecular weight excluding hydrogens is 582 g/mol.